The number of rotatable bonds is 6. The monoisotopic (exact) mass is 352 g/mol. The maximum absolute atomic E-state index is 12.2. The molecule has 3 rings (SSSR count). The first-order valence-electron chi connectivity index (χ1n) is 8.43. The van der Waals surface area contributed by atoms with Crippen molar-refractivity contribution in [3.8, 4) is 0 Å². The van der Waals surface area contributed by atoms with E-state index in [1.807, 2.05) is 44.2 Å². The van der Waals surface area contributed by atoms with Gasteiger partial charge >= 0.3 is 5.97 Å². The Morgan fingerprint density at radius 1 is 1.19 bits per heavy atom. The molecule has 134 valence electrons. The molecule has 1 amide bonds. The molecule has 7 heteroatoms. The molecule has 0 aliphatic rings. The molecule has 0 spiro atoms. The van der Waals surface area contributed by atoms with Gasteiger partial charge in [0.1, 0.15) is 5.52 Å². The van der Waals surface area contributed by atoms with Crippen molar-refractivity contribution in [3.05, 3.63) is 59.7 Å². The number of carbonyl (C=O) groups is 2. The zero-order valence-electron chi connectivity index (χ0n) is 14.7. The van der Waals surface area contributed by atoms with E-state index in [0.29, 0.717) is 17.6 Å². The Bertz CT molecular complexity index is 921. The summed E-state index contributed by atoms with van der Waals surface area (Å²) in [6.07, 6.45) is 0. The fourth-order valence-electron chi connectivity index (χ4n) is 2.66. The summed E-state index contributed by atoms with van der Waals surface area (Å²) in [5, 5.41) is 10.8. The van der Waals surface area contributed by atoms with Gasteiger partial charge in [0.2, 0.25) is 0 Å². The highest BCUT2D eigenvalue weighted by Crippen LogP contribution is 2.14. The lowest BCUT2D eigenvalue weighted by Gasteiger charge is -2.14. The predicted octanol–water partition coefficient (Wildman–Crippen LogP) is 2.49. The summed E-state index contributed by atoms with van der Waals surface area (Å²) in [5.41, 5.74) is 2.78. The van der Waals surface area contributed by atoms with E-state index in [-0.39, 0.29) is 18.6 Å². The Balaban J connectivity index is 1.57. The van der Waals surface area contributed by atoms with Crippen LogP contribution in [0, 0.1) is 0 Å². The molecule has 3 aromatic rings. The minimum Gasteiger partial charge on any atom is -0.452 e. The zero-order valence-corrected chi connectivity index (χ0v) is 14.7. The summed E-state index contributed by atoms with van der Waals surface area (Å²) in [6.45, 7) is 4.20. The number of hydrogen-bond acceptors (Lipinski definition) is 5. The first kappa shape index (κ1) is 17.6. The molecule has 0 unspecified atom stereocenters. The van der Waals surface area contributed by atoms with E-state index >= 15 is 0 Å². The maximum Gasteiger partial charge on any atom is 0.338 e. The predicted molar refractivity (Wildman–Crippen MR) is 96.5 cm³/mol. The molecular formula is C19H20N4O3. The number of nitrogens with one attached hydrogen (secondary N) is 1. The second kappa shape index (κ2) is 7.77. The number of carbonyl (C=O) groups excluding carboxylic acids is 2. The van der Waals surface area contributed by atoms with Crippen LogP contribution < -0.4 is 5.32 Å². The molecule has 0 fully saturated rings. The fraction of sp³-hybridized carbons (Fsp3) is 0.263. The van der Waals surface area contributed by atoms with Gasteiger partial charge in [0.05, 0.1) is 17.1 Å². The van der Waals surface area contributed by atoms with Gasteiger partial charge in [0.25, 0.3) is 5.91 Å². The van der Waals surface area contributed by atoms with Crippen LogP contribution in [0.1, 0.15) is 35.8 Å². The Kier molecular flexibility index (Phi) is 5.26. The van der Waals surface area contributed by atoms with Crippen LogP contribution in [0.4, 0.5) is 0 Å². The molecule has 0 aliphatic heterocycles. The van der Waals surface area contributed by atoms with Crippen molar-refractivity contribution in [2.45, 2.75) is 26.4 Å². The molecule has 0 radical (unpaired) electrons. The Morgan fingerprint density at radius 2 is 1.96 bits per heavy atom. The van der Waals surface area contributed by atoms with Crippen molar-refractivity contribution in [3.63, 3.8) is 0 Å². The highest BCUT2D eigenvalue weighted by molar-refractivity contribution is 5.94. The summed E-state index contributed by atoms with van der Waals surface area (Å²) in [4.78, 5) is 24.2. The van der Waals surface area contributed by atoms with E-state index in [1.54, 1.807) is 22.9 Å². The second-order valence-corrected chi connectivity index (χ2v) is 5.88. The van der Waals surface area contributed by atoms with Crippen LogP contribution in [0.3, 0.4) is 0 Å². The molecule has 0 saturated carbocycles. The molecular weight excluding hydrogens is 332 g/mol. The van der Waals surface area contributed by atoms with E-state index < -0.39 is 5.97 Å². The molecule has 26 heavy (non-hydrogen) atoms. The number of aromatic nitrogens is 3. The molecule has 7 nitrogen and oxygen atoms in total. The molecule has 2 aromatic carbocycles. The van der Waals surface area contributed by atoms with Crippen molar-refractivity contribution < 1.29 is 14.3 Å². The number of amides is 1. The summed E-state index contributed by atoms with van der Waals surface area (Å²) >= 11 is 0. The second-order valence-electron chi connectivity index (χ2n) is 5.88. The van der Waals surface area contributed by atoms with Gasteiger partial charge in [0.15, 0.2) is 6.61 Å². The van der Waals surface area contributed by atoms with E-state index in [4.69, 9.17) is 4.74 Å². The van der Waals surface area contributed by atoms with E-state index in [2.05, 4.69) is 15.6 Å². The average molecular weight is 352 g/mol. The van der Waals surface area contributed by atoms with Crippen molar-refractivity contribution in [1.82, 2.24) is 20.3 Å². The molecule has 0 aliphatic carbocycles. The number of aryl methyl sites for hydroxylation is 1. The van der Waals surface area contributed by atoms with Crippen LogP contribution in [0.5, 0.6) is 0 Å². The van der Waals surface area contributed by atoms with Gasteiger partial charge < -0.3 is 10.1 Å². The van der Waals surface area contributed by atoms with Gasteiger partial charge in [-0.25, -0.2) is 9.48 Å². The van der Waals surface area contributed by atoms with Gasteiger partial charge in [-0.05, 0) is 37.6 Å². The number of fused-ring (bicyclic) bond motifs is 1. The molecule has 1 atom stereocenters. The average Bonchev–Trinajstić information content (AvgIpc) is 3.09. The quantitative estimate of drug-likeness (QED) is 0.689. The van der Waals surface area contributed by atoms with Crippen LogP contribution in [-0.4, -0.2) is 33.5 Å². The third kappa shape index (κ3) is 3.88. The van der Waals surface area contributed by atoms with Crippen LogP contribution in [0.15, 0.2) is 48.5 Å². The zero-order chi connectivity index (χ0) is 18.5. The van der Waals surface area contributed by atoms with Crippen LogP contribution in [-0.2, 0) is 16.1 Å². The fourth-order valence-corrected chi connectivity index (χ4v) is 2.66. The van der Waals surface area contributed by atoms with Gasteiger partial charge in [-0.15, -0.1) is 5.10 Å². The molecule has 1 heterocycles. The van der Waals surface area contributed by atoms with Crippen molar-refractivity contribution >= 4 is 22.9 Å². The molecule has 0 saturated heterocycles. The Labute approximate surface area is 151 Å². The highest BCUT2D eigenvalue weighted by atomic mass is 16.5. The third-order valence-electron chi connectivity index (χ3n) is 4.06. The van der Waals surface area contributed by atoms with Gasteiger partial charge in [-0.1, -0.05) is 35.5 Å². The maximum atomic E-state index is 12.2. The van der Waals surface area contributed by atoms with Crippen LogP contribution >= 0.6 is 0 Å². The number of hydrogen-bond donors (Lipinski definition) is 1. The Morgan fingerprint density at radius 3 is 2.69 bits per heavy atom. The molecule has 1 aromatic heterocycles. The highest BCUT2D eigenvalue weighted by Gasteiger charge is 2.14. The van der Waals surface area contributed by atoms with Crippen molar-refractivity contribution in [2.75, 3.05) is 6.61 Å². The van der Waals surface area contributed by atoms with Crippen LogP contribution in [0.25, 0.3) is 11.0 Å². The number of esters is 1. The first-order chi connectivity index (χ1) is 12.6. The van der Waals surface area contributed by atoms with Crippen LogP contribution in [0.2, 0.25) is 0 Å². The Hall–Kier alpha value is -3.22. The summed E-state index contributed by atoms with van der Waals surface area (Å²) < 4.78 is 6.84. The number of ether oxygens (including phenoxy) is 1. The summed E-state index contributed by atoms with van der Waals surface area (Å²) in [6, 6.07) is 14.4. The lowest BCUT2D eigenvalue weighted by Crippen LogP contribution is -2.31. The number of nitrogens with zero attached hydrogens (tertiary/aromatic N) is 3. The summed E-state index contributed by atoms with van der Waals surface area (Å²) in [7, 11) is 0. The van der Waals surface area contributed by atoms with E-state index in [9.17, 15) is 9.59 Å². The number of benzene rings is 2. The van der Waals surface area contributed by atoms with E-state index in [0.717, 1.165) is 11.1 Å². The summed E-state index contributed by atoms with van der Waals surface area (Å²) in [5.74, 6) is -0.923. The smallest absolute Gasteiger partial charge is 0.338 e. The van der Waals surface area contributed by atoms with Gasteiger partial charge in [0, 0.05) is 6.54 Å². The standard InChI is InChI=1S/C19H20N4O3/c1-3-23-17-10-9-15(11-16(17)21-22-23)19(25)26-12-18(24)20-13(2)14-7-5-4-6-8-14/h4-11,13H,3,12H2,1-2H3,(H,20,24)/t13-/m1/s1. The first-order valence-corrected chi connectivity index (χ1v) is 8.43. The third-order valence-corrected chi connectivity index (χ3v) is 4.06. The lowest BCUT2D eigenvalue weighted by atomic mass is 10.1. The SMILES string of the molecule is CCn1nnc2cc(C(=O)OCC(=O)N[C@H](C)c3ccccc3)ccc21. The van der Waals surface area contributed by atoms with Gasteiger partial charge in [-0.2, -0.15) is 0 Å². The van der Waals surface area contributed by atoms with Crippen molar-refractivity contribution in [1.29, 1.82) is 0 Å². The lowest BCUT2D eigenvalue weighted by molar-refractivity contribution is -0.124. The molecule has 0 bridgehead atoms. The largest absolute Gasteiger partial charge is 0.452 e. The minimum absolute atomic E-state index is 0.164. The normalized spacial score (nSPS) is 11.9. The topological polar surface area (TPSA) is 86.1 Å². The molecule has 1 N–H and O–H groups in total. The van der Waals surface area contributed by atoms with Crippen molar-refractivity contribution in [2.24, 2.45) is 0 Å². The van der Waals surface area contributed by atoms with E-state index in [1.165, 1.54) is 0 Å². The minimum atomic E-state index is -0.569. The van der Waals surface area contributed by atoms with Gasteiger partial charge in [-0.3, -0.25) is 4.79 Å².